The van der Waals surface area contributed by atoms with Crippen LogP contribution in [0.5, 0.6) is 0 Å². The predicted molar refractivity (Wildman–Crippen MR) is 101 cm³/mol. The van der Waals surface area contributed by atoms with Crippen LogP contribution >= 0.6 is 0 Å². The molecule has 25 heavy (non-hydrogen) atoms. The molecule has 2 unspecified atom stereocenters. The second-order valence-electron chi connectivity index (χ2n) is 6.32. The van der Waals surface area contributed by atoms with E-state index in [4.69, 9.17) is 11.1 Å². The molecule has 2 aromatic rings. The van der Waals surface area contributed by atoms with Crippen LogP contribution in [0.1, 0.15) is 23.9 Å². The lowest BCUT2D eigenvalue weighted by atomic mass is 9.85. The molecule has 0 bridgehead atoms. The molecule has 0 aliphatic carbocycles. The van der Waals surface area contributed by atoms with Gasteiger partial charge in [0.1, 0.15) is 0 Å². The highest BCUT2D eigenvalue weighted by Crippen LogP contribution is 2.19. The van der Waals surface area contributed by atoms with Gasteiger partial charge >= 0.3 is 0 Å². The van der Waals surface area contributed by atoms with Gasteiger partial charge in [-0.15, -0.1) is 0 Å². The summed E-state index contributed by atoms with van der Waals surface area (Å²) >= 11 is 0. The van der Waals surface area contributed by atoms with Crippen molar-refractivity contribution in [3.05, 3.63) is 47.5 Å². The van der Waals surface area contributed by atoms with Gasteiger partial charge in [-0.25, -0.2) is 9.97 Å². The number of nitrogens with one attached hydrogen (secondary N) is 3. The highest BCUT2D eigenvalue weighted by molar-refractivity contribution is 5.71. The Morgan fingerprint density at radius 2 is 2.12 bits per heavy atom. The molecule has 0 amide bonds. The van der Waals surface area contributed by atoms with Crippen LogP contribution in [0.25, 0.3) is 0 Å². The lowest BCUT2D eigenvalue weighted by Crippen LogP contribution is -2.45. The molecule has 134 valence electrons. The van der Waals surface area contributed by atoms with Crippen molar-refractivity contribution in [3.63, 3.8) is 0 Å². The third kappa shape index (κ3) is 4.58. The molecule has 0 radical (unpaired) electrons. The molecule has 2 aromatic heterocycles. The Bertz CT molecular complexity index is 703. The third-order valence-electron chi connectivity index (χ3n) is 4.29. The normalized spacial score (nSPS) is 14.6. The van der Waals surface area contributed by atoms with Crippen molar-refractivity contribution in [2.45, 2.75) is 31.7 Å². The molecule has 0 spiro atoms. The third-order valence-corrected chi connectivity index (χ3v) is 4.29. The van der Waals surface area contributed by atoms with Crippen LogP contribution in [0.4, 0.5) is 5.95 Å². The lowest BCUT2D eigenvalue weighted by molar-refractivity contribution is 0.538. The van der Waals surface area contributed by atoms with E-state index in [1.807, 2.05) is 25.4 Å². The van der Waals surface area contributed by atoms with Crippen molar-refractivity contribution in [1.82, 2.24) is 20.3 Å². The van der Waals surface area contributed by atoms with Crippen molar-refractivity contribution < 1.29 is 0 Å². The fourth-order valence-electron chi connectivity index (χ4n) is 2.77. The van der Waals surface area contributed by atoms with E-state index in [0.717, 1.165) is 17.8 Å². The molecular weight excluding hydrogens is 314 g/mol. The van der Waals surface area contributed by atoms with Crippen molar-refractivity contribution in [3.8, 4) is 0 Å². The predicted octanol–water partition coefficient (Wildman–Crippen LogP) is 1.29. The lowest BCUT2D eigenvalue weighted by Gasteiger charge is -2.27. The Morgan fingerprint density at radius 1 is 1.32 bits per heavy atom. The zero-order chi connectivity index (χ0) is 18.3. The number of hydrogen-bond acceptors (Lipinski definition) is 7. The molecule has 0 aliphatic heterocycles. The average molecular weight is 341 g/mol. The summed E-state index contributed by atoms with van der Waals surface area (Å²) in [6.45, 7) is 4.98. The van der Waals surface area contributed by atoms with Gasteiger partial charge in [0.2, 0.25) is 5.95 Å². The Balaban J connectivity index is 2.15. The van der Waals surface area contributed by atoms with Crippen molar-refractivity contribution >= 4 is 12.2 Å². The van der Waals surface area contributed by atoms with Gasteiger partial charge in [0.15, 0.2) is 0 Å². The average Bonchev–Trinajstić information content (AvgIpc) is 2.62. The summed E-state index contributed by atoms with van der Waals surface area (Å²) in [6.07, 6.45) is 5.65. The fraction of sp³-hybridized carbons (Fsp3) is 0.444. The number of rotatable bonds is 9. The van der Waals surface area contributed by atoms with Crippen molar-refractivity contribution in [1.29, 1.82) is 5.41 Å². The van der Waals surface area contributed by atoms with Crippen molar-refractivity contribution in [2.75, 3.05) is 25.5 Å². The summed E-state index contributed by atoms with van der Waals surface area (Å²) in [5, 5.41) is 14.2. The van der Waals surface area contributed by atoms with Gasteiger partial charge < -0.3 is 21.8 Å². The van der Waals surface area contributed by atoms with E-state index in [2.05, 4.69) is 45.5 Å². The van der Waals surface area contributed by atoms with Gasteiger partial charge in [-0.3, -0.25) is 4.98 Å². The number of hydrogen-bond donors (Lipinski definition) is 4. The summed E-state index contributed by atoms with van der Waals surface area (Å²) in [5.41, 5.74) is 8.26. The molecule has 7 nitrogen and oxygen atoms in total. The van der Waals surface area contributed by atoms with Gasteiger partial charge in [0.05, 0.1) is 11.1 Å². The SMILES string of the molecule is CNCC(C=N)(CN)c1ccnc(NC(C)Cc2ncccc2C)n1. The summed E-state index contributed by atoms with van der Waals surface area (Å²) in [6, 6.07) is 5.94. The van der Waals surface area contributed by atoms with Crippen LogP contribution < -0.4 is 16.4 Å². The minimum atomic E-state index is -0.630. The smallest absolute Gasteiger partial charge is 0.223 e. The summed E-state index contributed by atoms with van der Waals surface area (Å²) in [4.78, 5) is 13.3. The molecule has 0 fully saturated rings. The molecule has 0 aromatic carbocycles. The number of anilines is 1. The quantitative estimate of drug-likeness (QED) is 0.511. The van der Waals surface area contributed by atoms with Gasteiger partial charge in [0, 0.05) is 49.9 Å². The second kappa shape index (κ2) is 8.64. The maximum absolute atomic E-state index is 7.80. The van der Waals surface area contributed by atoms with Crippen molar-refractivity contribution in [2.24, 2.45) is 5.73 Å². The maximum Gasteiger partial charge on any atom is 0.223 e. The largest absolute Gasteiger partial charge is 0.351 e. The van der Waals surface area contributed by atoms with Gasteiger partial charge in [0.25, 0.3) is 0 Å². The van der Waals surface area contributed by atoms with E-state index < -0.39 is 5.41 Å². The minimum Gasteiger partial charge on any atom is -0.351 e. The highest BCUT2D eigenvalue weighted by Gasteiger charge is 2.30. The molecule has 0 aliphatic rings. The van der Waals surface area contributed by atoms with Crippen LogP contribution in [0.2, 0.25) is 0 Å². The first-order chi connectivity index (χ1) is 12.0. The Hall–Kier alpha value is -2.38. The van der Waals surface area contributed by atoms with Gasteiger partial charge in [-0.2, -0.15) is 0 Å². The summed E-state index contributed by atoms with van der Waals surface area (Å²) < 4.78 is 0. The molecule has 7 heteroatoms. The zero-order valence-electron chi connectivity index (χ0n) is 15.1. The number of nitrogens with zero attached hydrogens (tertiary/aromatic N) is 3. The minimum absolute atomic E-state index is 0.125. The van der Waals surface area contributed by atoms with Crippen LogP contribution in [0, 0.1) is 12.3 Å². The van der Waals surface area contributed by atoms with E-state index >= 15 is 0 Å². The number of aryl methyl sites for hydroxylation is 1. The van der Waals surface area contributed by atoms with Crippen LogP contribution in [-0.2, 0) is 11.8 Å². The van der Waals surface area contributed by atoms with E-state index in [1.54, 1.807) is 6.20 Å². The summed E-state index contributed by atoms with van der Waals surface area (Å²) in [5.74, 6) is 0.536. The first kappa shape index (κ1) is 19.0. The fourth-order valence-corrected chi connectivity index (χ4v) is 2.77. The topological polar surface area (TPSA) is 113 Å². The first-order valence-electron chi connectivity index (χ1n) is 8.41. The van der Waals surface area contributed by atoms with E-state index in [-0.39, 0.29) is 6.04 Å². The second-order valence-corrected chi connectivity index (χ2v) is 6.32. The summed E-state index contributed by atoms with van der Waals surface area (Å²) in [7, 11) is 1.84. The molecule has 2 rings (SSSR count). The van der Waals surface area contributed by atoms with E-state index in [1.165, 1.54) is 11.8 Å². The maximum atomic E-state index is 7.80. The molecule has 5 N–H and O–H groups in total. The molecule has 0 saturated carbocycles. The number of likely N-dealkylation sites (N-methyl/N-ethyl adjacent to an activating group) is 1. The number of pyridine rings is 1. The first-order valence-corrected chi connectivity index (χ1v) is 8.41. The van der Waals surface area contributed by atoms with Crippen LogP contribution in [0.3, 0.4) is 0 Å². The van der Waals surface area contributed by atoms with Gasteiger partial charge in [-0.1, -0.05) is 6.07 Å². The molecule has 0 saturated heterocycles. The monoisotopic (exact) mass is 341 g/mol. The Kier molecular flexibility index (Phi) is 6.55. The Labute approximate surface area is 149 Å². The van der Waals surface area contributed by atoms with Gasteiger partial charge in [-0.05, 0) is 38.6 Å². The Morgan fingerprint density at radius 3 is 2.76 bits per heavy atom. The standard InChI is InChI=1S/C18H27N7/c1-13-5-4-7-22-15(13)9-14(2)24-17-23-8-6-16(25-17)18(10-19,11-20)12-21-3/h4-8,10,14,19,21H,9,11-12,20H2,1-3H3,(H,23,24,25). The van der Waals surface area contributed by atoms with Crippen LogP contribution in [0.15, 0.2) is 30.6 Å². The molecule has 2 atom stereocenters. The molecular formula is C18H27N7. The number of nitrogens with two attached hydrogens (primary N) is 1. The van der Waals surface area contributed by atoms with E-state index in [0.29, 0.717) is 19.0 Å². The molecule has 2 heterocycles. The van der Waals surface area contributed by atoms with E-state index in [9.17, 15) is 0 Å². The van der Waals surface area contributed by atoms with Crippen LogP contribution in [-0.4, -0.2) is 47.3 Å². The zero-order valence-corrected chi connectivity index (χ0v) is 15.1. The number of aromatic nitrogens is 3. The highest BCUT2D eigenvalue weighted by atomic mass is 15.1.